The second-order valence-corrected chi connectivity index (χ2v) is 5.14. The van der Waals surface area contributed by atoms with E-state index in [1.165, 1.54) is 16.7 Å². The molecular formula is C15H21ClN2O. The molecule has 4 heteroatoms. The summed E-state index contributed by atoms with van der Waals surface area (Å²) in [5.41, 5.74) is 4.82. The van der Waals surface area contributed by atoms with E-state index in [2.05, 4.69) is 31.3 Å². The number of carbonyl (C=O) groups is 1. The van der Waals surface area contributed by atoms with Gasteiger partial charge in [-0.25, -0.2) is 0 Å². The minimum Gasteiger partial charge on any atom is -0.329 e. The maximum atomic E-state index is 12.5. The number of amides is 1. The third-order valence-electron chi connectivity index (χ3n) is 4.18. The van der Waals surface area contributed by atoms with Gasteiger partial charge < -0.3 is 10.2 Å². The van der Waals surface area contributed by atoms with E-state index in [4.69, 9.17) is 0 Å². The van der Waals surface area contributed by atoms with Gasteiger partial charge in [-0.3, -0.25) is 4.79 Å². The van der Waals surface area contributed by atoms with Crippen LogP contribution in [-0.2, 0) is 12.8 Å². The van der Waals surface area contributed by atoms with Crippen molar-refractivity contribution in [2.24, 2.45) is 0 Å². The molecule has 0 aliphatic carbocycles. The minimum atomic E-state index is 0. The monoisotopic (exact) mass is 280 g/mol. The number of carbonyl (C=O) groups excluding carboxylic acids is 1. The molecule has 0 saturated carbocycles. The molecular weight excluding hydrogens is 260 g/mol. The molecule has 0 unspecified atom stereocenters. The molecule has 1 atom stereocenters. The van der Waals surface area contributed by atoms with Gasteiger partial charge in [0.1, 0.15) is 0 Å². The van der Waals surface area contributed by atoms with Crippen LogP contribution in [0, 0.1) is 0 Å². The highest BCUT2D eigenvalue weighted by Gasteiger charge is 2.39. The Balaban J connectivity index is 0.00000133. The van der Waals surface area contributed by atoms with E-state index >= 15 is 0 Å². The van der Waals surface area contributed by atoms with Crippen molar-refractivity contribution in [3.05, 3.63) is 34.4 Å². The average Bonchev–Trinajstić information content (AvgIpc) is 2.72. The Hall–Kier alpha value is -1.06. The fourth-order valence-electron chi connectivity index (χ4n) is 3.17. The number of hydrogen-bond acceptors (Lipinski definition) is 2. The zero-order valence-corrected chi connectivity index (χ0v) is 12.3. The van der Waals surface area contributed by atoms with Crippen LogP contribution in [0.5, 0.6) is 0 Å². The summed E-state index contributed by atoms with van der Waals surface area (Å²) in [6, 6.07) is 4.71. The van der Waals surface area contributed by atoms with E-state index in [1.807, 2.05) is 4.90 Å². The molecule has 104 valence electrons. The van der Waals surface area contributed by atoms with Crippen LogP contribution < -0.4 is 5.32 Å². The highest BCUT2D eigenvalue weighted by atomic mass is 35.5. The SMILES string of the molecule is CCc1cc(CC)c2c(c1)[C@H]1CNCCN1C2=O.Cl. The lowest BCUT2D eigenvalue weighted by molar-refractivity contribution is 0.0690. The van der Waals surface area contributed by atoms with Crippen LogP contribution in [0.2, 0.25) is 0 Å². The first-order valence-corrected chi connectivity index (χ1v) is 6.93. The predicted molar refractivity (Wildman–Crippen MR) is 79.1 cm³/mol. The van der Waals surface area contributed by atoms with E-state index in [-0.39, 0.29) is 24.4 Å². The molecule has 2 aliphatic rings. The number of aryl methyl sites for hydroxylation is 2. The minimum absolute atomic E-state index is 0. The third-order valence-corrected chi connectivity index (χ3v) is 4.18. The Kier molecular flexibility index (Phi) is 4.16. The highest BCUT2D eigenvalue weighted by Crippen LogP contribution is 2.37. The summed E-state index contributed by atoms with van der Waals surface area (Å²) in [7, 11) is 0. The van der Waals surface area contributed by atoms with Gasteiger partial charge >= 0.3 is 0 Å². The van der Waals surface area contributed by atoms with Crippen LogP contribution in [0.1, 0.15) is 46.9 Å². The lowest BCUT2D eigenvalue weighted by Gasteiger charge is -2.30. The maximum Gasteiger partial charge on any atom is 0.255 e. The third kappa shape index (κ3) is 2.15. The number of fused-ring (bicyclic) bond motifs is 3. The molecule has 1 amide bonds. The normalized spacial score (nSPS) is 20.8. The topological polar surface area (TPSA) is 32.3 Å². The van der Waals surface area contributed by atoms with Gasteiger partial charge in [-0.1, -0.05) is 26.0 Å². The van der Waals surface area contributed by atoms with Crippen molar-refractivity contribution in [3.8, 4) is 0 Å². The van der Waals surface area contributed by atoms with E-state index in [9.17, 15) is 4.79 Å². The Morgan fingerprint density at radius 2 is 2.11 bits per heavy atom. The number of benzene rings is 1. The molecule has 0 aromatic heterocycles. The number of rotatable bonds is 2. The fourth-order valence-corrected chi connectivity index (χ4v) is 3.17. The number of nitrogens with zero attached hydrogens (tertiary/aromatic N) is 1. The molecule has 1 N–H and O–H groups in total. The molecule has 19 heavy (non-hydrogen) atoms. The summed E-state index contributed by atoms with van der Waals surface area (Å²) in [6.45, 7) is 6.96. The van der Waals surface area contributed by atoms with Gasteiger partial charge in [-0.15, -0.1) is 12.4 Å². The molecule has 1 saturated heterocycles. The number of nitrogens with one attached hydrogen (secondary N) is 1. The molecule has 0 spiro atoms. The zero-order valence-electron chi connectivity index (χ0n) is 11.5. The van der Waals surface area contributed by atoms with Gasteiger partial charge in [0.25, 0.3) is 5.91 Å². The van der Waals surface area contributed by atoms with Gasteiger partial charge in [0.2, 0.25) is 0 Å². The largest absolute Gasteiger partial charge is 0.329 e. The Bertz CT molecular complexity index is 501. The summed E-state index contributed by atoms with van der Waals surface area (Å²) in [4.78, 5) is 14.5. The molecule has 2 aliphatic heterocycles. The van der Waals surface area contributed by atoms with Crippen molar-refractivity contribution in [2.75, 3.05) is 19.6 Å². The van der Waals surface area contributed by atoms with Crippen molar-refractivity contribution in [1.29, 1.82) is 0 Å². The summed E-state index contributed by atoms with van der Waals surface area (Å²) >= 11 is 0. The summed E-state index contributed by atoms with van der Waals surface area (Å²) in [6.07, 6.45) is 1.98. The molecule has 0 radical (unpaired) electrons. The highest BCUT2D eigenvalue weighted by molar-refractivity contribution is 6.01. The molecule has 1 aromatic rings. The maximum absolute atomic E-state index is 12.5. The summed E-state index contributed by atoms with van der Waals surface area (Å²) in [5.74, 6) is 0.246. The lowest BCUT2D eigenvalue weighted by atomic mass is 9.94. The van der Waals surface area contributed by atoms with Crippen LogP contribution in [0.3, 0.4) is 0 Å². The van der Waals surface area contributed by atoms with Crippen LogP contribution in [0.4, 0.5) is 0 Å². The van der Waals surface area contributed by atoms with Gasteiger partial charge in [-0.2, -0.15) is 0 Å². The number of hydrogen-bond donors (Lipinski definition) is 1. The molecule has 3 rings (SSSR count). The second kappa shape index (κ2) is 5.51. The summed E-state index contributed by atoms with van der Waals surface area (Å²) < 4.78 is 0. The van der Waals surface area contributed by atoms with Crippen LogP contribution >= 0.6 is 12.4 Å². The smallest absolute Gasteiger partial charge is 0.255 e. The summed E-state index contributed by atoms with van der Waals surface area (Å²) in [5, 5.41) is 3.40. The predicted octanol–water partition coefficient (Wildman–Crippen LogP) is 2.33. The Morgan fingerprint density at radius 1 is 1.32 bits per heavy atom. The first kappa shape index (κ1) is 14.4. The van der Waals surface area contributed by atoms with Gasteiger partial charge in [0.15, 0.2) is 0 Å². The average molecular weight is 281 g/mol. The van der Waals surface area contributed by atoms with E-state index in [1.54, 1.807) is 0 Å². The van der Waals surface area contributed by atoms with Crippen molar-refractivity contribution >= 4 is 18.3 Å². The van der Waals surface area contributed by atoms with Crippen LogP contribution in [0.25, 0.3) is 0 Å². The molecule has 0 bridgehead atoms. The van der Waals surface area contributed by atoms with Crippen molar-refractivity contribution in [2.45, 2.75) is 32.7 Å². The van der Waals surface area contributed by atoms with E-state index in [0.717, 1.165) is 38.0 Å². The number of piperazine rings is 1. The van der Waals surface area contributed by atoms with Crippen molar-refractivity contribution in [1.82, 2.24) is 10.2 Å². The van der Waals surface area contributed by atoms with Crippen LogP contribution in [0.15, 0.2) is 12.1 Å². The first-order valence-electron chi connectivity index (χ1n) is 6.93. The Labute approximate surface area is 120 Å². The Morgan fingerprint density at radius 3 is 2.79 bits per heavy atom. The quantitative estimate of drug-likeness (QED) is 0.902. The second-order valence-electron chi connectivity index (χ2n) is 5.14. The van der Waals surface area contributed by atoms with Crippen molar-refractivity contribution in [3.63, 3.8) is 0 Å². The molecule has 3 nitrogen and oxygen atoms in total. The fraction of sp³-hybridized carbons (Fsp3) is 0.533. The van der Waals surface area contributed by atoms with Gasteiger partial charge in [0.05, 0.1) is 6.04 Å². The number of halogens is 1. The van der Waals surface area contributed by atoms with Gasteiger partial charge in [-0.05, 0) is 29.5 Å². The molecule has 1 aromatic carbocycles. The van der Waals surface area contributed by atoms with Crippen molar-refractivity contribution < 1.29 is 4.79 Å². The lowest BCUT2D eigenvalue weighted by Crippen LogP contribution is -2.44. The van der Waals surface area contributed by atoms with Crippen LogP contribution in [-0.4, -0.2) is 30.4 Å². The van der Waals surface area contributed by atoms with Gasteiger partial charge in [0, 0.05) is 25.2 Å². The molecule has 2 heterocycles. The first-order chi connectivity index (χ1) is 8.76. The standard InChI is InChI=1S/C15H20N2O.ClH/c1-3-10-7-11(4-2)14-12(8-10)13-9-16-5-6-17(13)15(14)18;/h7-8,13,16H,3-6,9H2,1-2H3;1H/t13-;/m1./s1. The van der Waals surface area contributed by atoms with E-state index < -0.39 is 0 Å². The zero-order chi connectivity index (χ0) is 12.7. The molecule has 1 fully saturated rings. The van der Waals surface area contributed by atoms with E-state index in [0.29, 0.717) is 0 Å².